The van der Waals surface area contributed by atoms with Crippen LogP contribution in [0.2, 0.25) is 0 Å². The number of aryl methyl sites for hydroxylation is 1. The molecule has 0 aromatic carbocycles. The zero-order valence-corrected chi connectivity index (χ0v) is 9.24. The maximum absolute atomic E-state index is 6.14. The molecule has 2 rings (SSSR count). The molecule has 0 amide bonds. The normalized spacial score (nSPS) is 20.4. The fourth-order valence-corrected chi connectivity index (χ4v) is 2.14. The molecule has 2 heterocycles. The highest BCUT2D eigenvalue weighted by Gasteiger charge is 2.18. The van der Waals surface area contributed by atoms with Crippen molar-refractivity contribution in [2.45, 2.75) is 32.2 Å². The van der Waals surface area contributed by atoms with Crippen LogP contribution in [-0.2, 0) is 4.74 Å². The molecule has 1 saturated heterocycles. The van der Waals surface area contributed by atoms with Crippen LogP contribution in [0.25, 0.3) is 0 Å². The minimum atomic E-state index is 0.116. The van der Waals surface area contributed by atoms with Crippen molar-refractivity contribution in [2.75, 3.05) is 13.2 Å². The van der Waals surface area contributed by atoms with E-state index in [9.17, 15) is 0 Å². The molecule has 1 atom stereocenters. The lowest BCUT2D eigenvalue weighted by Gasteiger charge is -2.24. The summed E-state index contributed by atoms with van der Waals surface area (Å²) in [5.41, 5.74) is 7.26. The third-order valence-electron chi connectivity index (χ3n) is 3.11. The first kappa shape index (κ1) is 10.7. The molecule has 1 unspecified atom stereocenters. The number of nitrogens with two attached hydrogens (primary N) is 1. The molecule has 1 aliphatic rings. The Labute approximate surface area is 90.6 Å². The quantitative estimate of drug-likeness (QED) is 0.831. The molecular weight excluding hydrogens is 190 g/mol. The van der Waals surface area contributed by atoms with Gasteiger partial charge in [0.15, 0.2) is 0 Å². The molecule has 1 aromatic rings. The summed E-state index contributed by atoms with van der Waals surface area (Å²) in [6.45, 7) is 3.73. The molecule has 3 nitrogen and oxygen atoms in total. The molecule has 0 radical (unpaired) electrons. The summed E-state index contributed by atoms with van der Waals surface area (Å²) in [5, 5.41) is 0. The Morgan fingerprint density at radius 3 is 2.80 bits per heavy atom. The van der Waals surface area contributed by atoms with Gasteiger partial charge >= 0.3 is 0 Å². The lowest BCUT2D eigenvalue weighted by molar-refractivity contribution is 0.0618. The predicted molar refractivity (Wildman–Crippen MR) is 58.5 cm³/mol. The molecule has 3 heteroatoms. The van der Waals surface area contributed by atoms with E-state index in [1.165, 1.54) is 0 Å². The highest BCUT2D eigenvalue weighted by molar-refractivity contribution is 5.15. The Morgan fingerprint density at radius 2 is 2.20 bits per heavy atom. The number of rotatable bonds is 3. The van der Waals surface area contributed by atoms with Gasteiger partial charge in [0.25, 0.3) is 0 Å². The van der Waals surface area contributed by atoms with Crippen LogP contribution >= 0.6 is 0 Å². The van der Waals surface area contributed by atoms with Crippen molar-refractivity contribution in [3.8, 4) is 0 Å². The average molecular weight is 209 g/mol. The lowest BCUT2D eigenvalue weighted by atomic mass is 9.91. The van der Waals surface area contributed by atoms with Crippen molar-refractivity contribution in [3.05, 3.63) is 23.7 Å². The molecule has 2 N–H and O–H groups in total. The van der Waals surface area contributed by atoms with Gasteiger partial charge in [0.1, 0.15) is 5.76 Å². The second-order valence-corrected chi connectivity index (χ2v) is 4.39. The van der Waals surface area contributed by atoms with Crippen LogP contribution in [0.4, 0.5) is 0 Å². The third kappa shape index (κ3) is 2.83. The minimum absolute atomic E-state index is 0.116. The summed E-state index contributed by atoms with van der Waals surface area (Å²) in [4.78, 5) is 0. The maximum Gasteiger partial charge on any atom is 0.101 e. The summed E-state index contributed by atoms with van der Waals surface area (Å²) in [6.07, 6.45) is 5.11. The van der Waals surface area contributed by atoms with Crippen molar-refractivity contribution in [2.24, 2.45) is 11.7 Å². The number of furan rings is 1. The maximum atomic E-state index is 6.14. The van der Waals surface area contributed by atoms with Crippen molar-refractivity contribution >= 4 is 0 Å². The second-order valence-electron chi connectivity index (χ2n) is 4.39. The van der Waals surface area contributed by atoms with Gasteiger partial charge in [-0.1, -0.05) is 0 Å². The zero-order valence-electron chi connectivity index (χ0n) is 9.24. The van der Waals surface area contributed by atoms with E-state index in [2.05, 4.69) is 0 Å². The zero-order chi connectivity index (χ0) is 10.7. The van der Waals surface area contributed by atoms with E-state index in [1.54, 1.807) is 6.26 Å². The first-order valence-corrected chi connectivity index (χ1v) is 5.64. The van der Waals surface area contributed by atoms with Gasteiger partial charge in [0.05, 0.1) is 6.26 Å². The lowest BCUT2D eigenvalue weighted by Crippen LogP contribution is -2.21. The summed E-state index contributed by atoms with van der Waals surface area (Å²) < 4.78 is 10.6. The number of hydrogen-bond donors (Lipinski definition) is 1. The van der Waals surface area contributed by atoms with Crippen LogP contribution in [0.15, 0.2) is 16.7 Å². The van der Waals surface area contributed by atoms with E-state index in [0.29, 0.717) is 5.92 Å². The molecule has 15 heavy (non-hydrogen) atoms. The Bertz CT molecular complexity index is 302. The van der Waals surface area contributed by atoms with E-state index in [-0.39, 0.29) is 6.04 Å². The monoisotopic (exact) mass is 209 g/mol. The second kappa shape index (κ2) is 4.81. The van der Waals surface area contributed by atoms with Crippen molar-refractivity contribution in [1.82, 2.24) is 0 Å². The summed E-state index contributed by atoms with van der Waals surface area (Å²) in [5.74, 6) is 1.65. The van der Waals surface area contributed by atoms with Gasteiger partial charge in [-0.05, 0) is 38.2 Å². The molecule has 1 fully saturated rings. The predicted octanol–water partition coefficient (Wildman–Crippen LogP) is 2.40. The molecule has 0 saturated carbocycles. The van der Waals surface area contributed by atoms with Crippen LogP contribution in [0.1, 0.15) is 36.6 Å². The number of hydrogen-bond acceptors (Lipinski definition) is 3. The van der Waals surface area contributed by atoms with Crippen LogP contribution < -0.4 is 5.73 Å². The van der Waals surface area contributed by atoms with Crippen LogP contribution in [0.5, 0.6) is 0 Å². The average Bonchev–Trinajstić information content (AvgIpc) is 2.66. The fraction of sp³-hybridized carbons (Fsp3) is 0.667. The molecular formula is C12H19NO2. The van der Waals surface area contributed by atoms with E-state index in [1.807, 2.05) is 13.0 Å². The first-order valence-electron chi connectivity index (χ1n) is 5.64. The van der Waals surface area contributed by atoms with Crippen LogP contribution in [-0.4, -0.2) is 13.2 Å². The third-order valence-corrected chi connectivity index (χ3v) is 3.11. The topological polar surface area (TPSA) is 48.4 Å². The number of ether oxygens (including phenoxy) is 1. The first-order chi connectivity index (χ1) is 7.25. The smallest absolute Gasteiger partial charge is 0.101 e. The van der Waals surface area contributed by atoms with Gasteiger partial charge < -0.3 is 14.9 Å². The van der Waals surface area contributed by atoms with Crippen molar-refractivity contribution in [1.29, 1.82) is 0 Å². The molecule has 0 bridgehead atoms. The van der Waals surface area contributed by atoms with Gasteiger partial charge in [-0.15, -0.1) is 0 Å². The van der Waals surface area contributed by atoms with E-state index < -0.39 is 0 Å². The van der Waals surface area contributed by atoms with Crippen LogP contribution in [0, 0.1) is 12.8 Å². The summed E-state index contributed by atoms with van der Waals surface area (Å²) >= 11 is 0. The highest BCUT2D eigenvalue weighted by atomic mass is 16.5. The van der Waals surface area contributed by atoms with Crippen LogP contribution in [0.3, 0.4) is 0 Å². The van der Waals surface area contributed by atoms with E-state index in [0.717, 1.165) is 43.8 Å². The fourth-order valence-electron chi connectivity index (χ4n) is 2.14. The van der Waals surface area contributed by atoms with Crippen molar-refractivity contribution < 1.29 is 9.15 Å². The molecule has 84 valence electrons. The summed E-state index contributed by atoms with van der Waals surface area (Å²) in [6, 6.07) is 2.15. The van der Waals surface area contributed by atoms with Crippen molar-refractivity contribution in [3.63, 3.8) is 0 Å². The van der Waals surface area contributed by atoms with Gasteiger partial charge in [-0.3, -0.25) is 0 Å². The van der Waals surface area contributed by atoms with Gasteiger partial charge in [-0.25, -0.2) is 0 Å². The Kier molecular flexibility index (Phi) is 3.44. The largest absolute Gasteiger partial charge is 0.469 e. The van der Waals surface area contributed by atoms with Gasteiger partial charge in [0.2, 0.25) is 0 Å². The molecule has 0 spiro atoms. The minimum Gasteiger partial charge on any atom is -0.469 e. The van der Waals surface area contributed by atoms with E-state index >= 15 is 0 Å². The van der Waals surface area contributed by atoms with Gasteiger partial charge in [0, 0.05) is 24.8 Å². The summed E-state index contributed by atoms with van der Waals surface area (Å²) in [7, 11) is 0. The van der Waals surface area contributed by atoms with E-state index in [4.69, 9.17) is 14.9 Å². The SMILES string of the molecule is Cc1cc(C(N)CC2CCOCC2)co1. The molecule has 0 aliphatic carbocycles. The molecule has 1 aliphatic heterocycles. The highest BCUT2D eigenvalue weighted by Crippen LogP contribution is 2.26. The molecule has 1 aromatic heterocycles. The Morgan fingerprint density at radius 1 is 1.47 bits per heavy atom. The van der Waals surface area contributed by atoms with Gasteiger partial charge in [-0.2, -0.15) is 0 Å². The Balaban J connectivity index is 1.88. The standard InChI is InChI=1S/C12H19NO2/c1-9-6-11(8-15-9)12(13)7-10-2-4-14-5-3-10/h6,8,10,12H,2-5,7,13H2,1H3. The Hall–Kier alpha value is -0.800.